The van der Waals surface area contributed by atoms with Gasteiger partial charge >= 0.3 is 0 Å². The van der Waals surface area contributed by atoms with Crippen LogP contribution in [0.25, 0.3) is 0 Å². The van der Waals surface area contributed by atoms with Crippen LogP contribution in [0.1, 0.15) is 18.2 Å². The van der Waals surface area contributed by atoms with Crippen molar-refractivity contribution in [3.05, 3.63) is 66.5 Å². The van der Waals surface area contributed by atoms with Crippen molar-refractivity contribution in [1.82, 2.24) is 9.47 Å². The smallest absolute Gasteiger partial charge is 0.220 e. The lowest BCUT2D eigenvalue weighted by Gasteiger charge is -2.20. The highest BCUT2D eigenvalue weighted by Gasteiger charge is 2.10. The molecule has 0 bridgehead atoms. The number of amides is 1. The van der Waals surface area contributed by atoms with E-state index in [2.05, 4.69) is 17.2 Å². The summed E-state index contributed by atoms with van der Waals surface area (Å²) in [5.74, 6) is 0.900. The number of hydrogen-bond acceptors (Lipinski definition) is 2. The summed E-state index contributed by atoms with van der Waals surface area (Å²) in [5, 5.41) is 0. The van der Waals surface area contributed by atoms with Crippen molar-refractivity contribution in [1.29, 1.82) is 0 Å². The van der Waals surface area contributed by atoms with Gasteiger partial charge in [0.25, 0.3) is 0 Å². The van der Waals surface area contributed by atoms with Gasteiger partial charge < -0.3 is 14.2 Å². The molecule has 0 N–H and O–H groups in total. The van der Waals surface area contributed by atoms with E-state index in [1.165, 1.54) is 0 Å². The van der Waals surface area contributed by atoms with Crippen LogP contribution >= 0.6 is 0 Å². The molecule has 4 heteroatoms. The molecule has 0 saturated heterocycles. The van der Waals surface area contributed by atoms with Crippen LogP contribution in [0, 0.1) is 0 Å². The normalized spacial score (nSPS) is 10.3. The van der Waals surface area contributed by atoms with Crippen molar-refractivity contribution >= 4 is 5.91 Å². The van der Waals surface area contributed by atoms with E-state index in [0.717, 1.165) is 23.6 Å². The number of carbonyl (C=O) groups is 1. The molecule has 2 rings (SSSR count). The van der Waals surface area contributed by atoms with E-state index in [4.69, 9.17) is 4.74 Å². The average molecular weight is 298 g/mol. The first-order chi connectivity index (χ1) is 10.6. The first-order valence-electron chi connectivity index (χ1n) is 7.27. The third kappa shape index (κ3) is 4.01. The van der Waals surface area contributed by atoms with Gasteiger partial charge in [0.2, 0.25) is 5.91 Å². The molecule has 0 unspecified atom stereocenters. The topological polar surface area (TPSA) is 34.5 Å². The van der Waals surface area contributed by atoms with E-state index < -0.39 is 0 Å². The predicted molar refractivity (Wildman–Crippen MR) is 87.8 cm³/mol. The molecule has 0 atom stereocenters. The molecular weight excluding hydrogens is 276 g/mol. The third-order valence-corrected chi connectivity index (χ3v) is 3.56. The Kier molecular flexibility index (Phi) is 5.42. The van der Waals surface area contributed by atoms with Crippen molar-refractivity contribution in [2.75, 3.05) is 13.7 Å². The quantitative estimate of drug-likeness (QED) is 0.736. The van der Waals surface area contributed by atoms with Gasteiger partial charge in [0.05, 0.1) is 13.7 Å². The molecule has 0 fully saturated rings. The highest BCUT2D eigenvalue weighted by molar-refractivity contribution is 5.73. The summed E-state index contributed by atoms with van der Waals surface area (Å²) in [6.07, 6.45) is 3.78. The summed E-state index contributed by atoms with van der Waals surface area (Å²) in [4.78, 5) is 13.4. The summed E-state index contributed by atoms with van der Waals surface area (Å²) in [6, 6.07) is 12.1. The first-order valence-corrected chi connectivity index (χ1v) is 7.27. The number of ether oxygens (including phenoxy) is 1. The Bertz CT molecular complexity index is 646. The van der Waals surface area contributed by atoms with Gasteiger partial charge in [0.15, 0.2) is 0 Å². The van der Waals surface area contributed by atoms with Crippen molar-refractivity contribution in [3.63, 3.8) is 0 Å². The highest BCUT2D eigenvalue weighted by Crippen LogP contribution is 2.15. The fraction of sp³-hybridized carbons (Fsp3) is 0.278. The zero-order valence-corrected chi connectivity index (χ0v) is 13.2. The SMILES string of the molecule is C=CCN(Cc1cccn1Cc1cccc(OC)c1)C(C)=O. The largest absolute Gasteiger partial charge is 0.497 e. The lowest BCUT2D eigenvalue weighted by Crippen LogP contribution is -2.29. The second-order valence-electron chi connectivity index (χ2n) is 5.17. The molecule has 0 radical (unpaired) electrons. The second-order valence-corrected chi connectivity index (χ2v) is 5.17. The fourth-order valence-electron chi connectivity index (χ4n) is 2.37. The maximum Gasteiger partial charge on any atom is 0.220 e. The molecule has 0 aliphatic carbocycles. The maximum atomic E-state index is 11.7. The summed E-state index contributed by atoms with van der Waals surface area (Å²) < 4.78 is 7.41. The van der Waals surface area contributed by atoms with Crippen LogP contribution in [0.4, 0.5) is 0 Å². The van der Waals surface area contributed by atoms with Gasteiger partial charge in [0, 0.05) is 31.9 Å². The lowest BCUT2D eigenvalue weighted by atomic mass is 10.2. The van der Waals surface area contributed by atoms with E-state index in [-0.39, 0.29) is 5.91 Å². The Morgan fingerprint density at radius 2 is 2.18 bits per heavy atom. The predicted octanol–water partition coefficient (Wildman–Crippen LogP) is 3.08. The van der Waals surface area contributed by atoms with Crippen LogP contribution in [0.2, 0.25) is 0 Å². The standard InChI is InChI=1S/C18H22N2O2/c1-4-10-19(15(2)21)14-17-8-6-11-20(17)13-16-7-5-9-18(12-16)22-3/h4-9,11-12H,1,10,13-14H2,2-3H3. The van der Waals surface area contributed by atoms with Gasteiger partial charge in [-0.3, -0.25) is 4.79 Å². The van der Waals surface area contributed by atoms with Crippen LogP contribution < -0.4 is 4.74 Å². The number of nitrogens with zero attached hydrogens (tertiary/aromatic N) is 2. The number of aromatic nitrogens is 1. The Morgan fingerprint density at radius 3 is 2.86 bits per heavy atom. The molecule has 4 nitrogen and oxygen atoms in total. The van der Waals surface area contributed by atoms with E-state index in [0.29, 0.717) is 13.1 Å². The van der Waals surface area contributed by atoms with E-state index in [1.54, 1.807) is 25.0 Å². The van der Waals surface area contributed by atoms with Crippen molar-refractivity contribution in [3.8, 4) is 5.75 Å². The number of rotatable bonds is 7. The Hall–Kier alpha value is -2.49. The molecule has 1 aromatic carbocycles. The average Bonchev–Trinajstić information content (AvgIpc) is 2.94. The molecule has 0 aliphatic rings. The summed E-state index contributed by atoms with van der Waals surface area (Å²) in [7, 11) is 1.67. The molecule has 1 aromatic heterocycles. The number of benzene rings is 1. The summed E-state index contributed by atoms with van der Waals surface area (Å²) in [5.41, 5.74) is 2.26. The van der Waals surface area contributed by atoms with Crippen LogP contribution in [0.15, 0.2) is 55.3 Å². The third-order valence-electron chi connectivity index (χ3n) is 3.56. The minimum Gasteiger partial charge on any atom is -0.497 e. The van der Waals surface area contributed by atoms with Gasteiger partial charge in [-0.05, 0) is 29.8 Å². The van der Waals surface area contributed by atoms with Crippen LogP contribution in [0.5, 0.6) is 5.75 Å². The molecule has 0 aliphatic heterocycles. The van der Waals surface area contributed by atoms with Crippen molar-refractivity contribution in [2.24, 2.45) is 0 Å². The van der Waals surface area contributed by atoms with Crippen molar-refractivity contribution < 1.29 is 9.53 Å². The minimum absolute atomic E-state index is 0.0500. The lowest BCUT2D eigenvalue weighted by molar-refractivity contribution is -0.128. The molecular formula is C18H22N2O2. The fourth-order valence-corrected chi connectivity index (χ4v) is 2.37. The molecule has 22 heavy (non-hydrogen) atoms. The van der Waals surface area contributed by atoms with Crippen LogP contribution in [-0.4, -0.2) is 29.0 Å². The minimum atomic E-state index is 0.0500. The van der Waals surface area contributed by atoms with Crippen molar-refractivity contribution in [2.45, 2.75) is 20.0 Å². The Morgan fingerprint density at radius 1 is 1.36 bits per heavy atom. The van der Waals surface area contributed by atoms with E-state index in [1.807, 2.05) is 36.5 Å². The zero-order chi connectivity index (χ0) is 15.9. The molecule has 0 spiro atoms. The molecule has 1 amide bonds. The molecule has 0 saturated carbocycles. The van der Waals surface area contributed by atoms with Gasteiger partial charge in [-0.2, -0.15) is 0 Å². The highest BCUT2D eigenvalue weighted by atomic mass is 16.5. The summed E-state index contributed by atoms with van der Waals surface area (Å²) >= 11 is 0. The van der Waals surface area contributed by atoms with Gasteiger partial charge in [-0.25, -0.2) is 0 Å². The number of methoxy groups -OCH3 is 1. The van der Waals surface area contributed by atoms with E-state index in [9.17, 15) is 4.79 Å². The Labute approximate surface area is 131 Å². The molecule has 1 heterocycles. The number of hydrogen-bond donors (Lipinski definition) is 0. The van der Waals surface area contributed by atoms with Crippen LogP contribution in [-0.2, 0) is 17.9 Å². The Balaban J connectivity index is 2.14. The van der Waals surface area contributed by atoms with Crippen LogP contribution in [0.3, 0.4) is 0 Å². The van der Waals surface area contributed by atoms with Gasteiger partial charge in [-0.15, -0.1) is 6.58 Å². The maximum absolute atomic E-state index is 11.7. The summed E-state index contributed by atoms with van der Waals surface area (Å²) in [6.45, 7) is 7.18. The molecule has 2 aromatic rings. The zero-order valence-electron chi connectivity index (χ0n) is 13.2. The van der Waals surface area contributed by atoms with Gasteiger partial charge in [0.1, 0.15) is 5.75 Å². The molecule has 116 valence electrons. The first kappa shape index (κ1) is 15.9. The van der Waals surface area contributed by atoms with E-state index >= 15 is 0 Å². The van der Waals surface area contributed by atoms with Gasteiger partial charge in [-0.1, -0.05) is 18.2 Å². The number of carbonyl (C=O) groups excluding carboxylic acids is 1. The monoisotopic (exact) mass is 298 g/mol. The second kappa shape index (κ2) is 7.50.